The summed E-state index contributed by atoms with van der Waals surface area (Å²) in [4.78, 5) is 4.06. The van der Waals surface area contributed by atoms with Gasteiger partial charge >= 0.3 is 0 Å². The maximum absolute atomic E-state index is 7.71. The predicted molar refractivity (Wildman–Crippen MR) is 95.0 cm³/mol. The summed E-state index contributed by atoms with van der Waals surface area (Å²) in [6, 6.07) is 0. The van der Waals surface area contributed by atoms with Crippen LogP contribution in [0.1, 0.15) is 52.9 Å². The third-order valence-corrected chi connectivity index (χ3v) is 6.34. The molecule has 1 heterocycles. The van der Waals surface area contributed by atoms with Gasteiger partial charge in [-0.25, -0.2) is 6.57 Å². The minimum absolute atomic E-state index is 0.172. The molecule has 0 aromatic heterocycles. The first-order chi connectivity index (χ1) is 10.9. The molecule has 0 aromatic carbocycles. The molecule has 3 aliphatic rings. The second kappa shape index (κ2) is 6.29. The quantitative estimate of drug-likeness (QED) is 0.496. The maximum atomic E-state index is 7.71. The maximum Gasteiger partial charge on any atom is 0.233 e. The Bertz CT molecular complexity index is 593. The summed E-state index contributed by atoms with van der Waals surface area (Å²) in [5.74, 6) is 1.59. The van der Waals surface area contributed by atoms with Crippen molar-refractivity contribution in [1.82, 2.24) is 0 Å². The zero-order chi connectivity index (χ0) is 16.6. The number of nitrogens with zero attached hydrogens (tertiary/aromatic N) is 1. The molecule has 0 radical (unpaired) electrons. The average molecular weight is 311 g/mol. The van der Waals surface area contributed by atoms with Crippen molar-refractivity contribution < 1.29 is 4.74 Å². The SMILES string of the molecule is [C-]#[N+][C@@]1(C)CC[C@H](C2=CCC(C(=C)C)OC2)[C@@H]2C=C(C)CC[C@@H]21. The molecule has 0 N–H and O–H groups in total. The molecule has 0 bridgehead atoms. The van der Waals surface area contributed by atoms with E-state index < -0.39 is 0 Å². The Labute approximate surface area is 141 Å². The van der Waals surface area contributed by atoms with Gasteiger partial charge in [-0.3, -0.25) is 0 Å². The fourth-order valence-electron chi connectivity index (χ4n) is 4.81. The third kappa shape index (κ3) is 3.04. The van der Waals surface area contributed by atoms with Gasteiger partial charge in [0, 0.05) is 19.3 Å². The summed E-state index contributed by atoms with van der Waals surface area (Å²) in [6.07, 6.45) is 10.5. The Morgan fingerprint density at radius 3 is 2.83 bits per heavy atom. The first-order valence-electron chi connectivity index (χ1n) is 8.96. The Morgan fingerprint density at radius 2 is 2.22 bits per heavy atom. The van der Waals surface area contributed by atoms with E-state index in [0.29, 0.717) is 17.8 Å². The van der Waals surface area contributed by atoms with Crippen LogP contribution in [0.15, 0.2) is 35.5 Å². The summed E-state index contributed by atoms with van der Waals surface area (Å²) in [6.45, 7) is 19.0. The van der Waals surface area contributed by atoms with Crippen LogP contribution in [0.3, 0.4) is 0 Å². The molecule has 3 rings (SSSR count). The molecule has 1 unspecified atom stereocenters. The lowest BCUT2D eigenvalue weighted by atomic mass is 9.58. The molecular formula is C21H29NO. The van der Waals surface area contributed by atoms with Crippen LogP contribution in [0.2, 0.25) is 0 Å². The lowest BCUT2D eigenvalue weighted by Gasteiger charge is -2.45. The van der Waals surface area contributed by atoms with Crippen LogP contribution >= 0.6 is 0 Å². The van der Waals surface area contributed by atoms with Crippen molar-refractivity contribution in [1.29, 1.82) is 0 Å². The normalized spacial score (nSPS) is 40.4. The van der Waals surface area contributed by atoms with Crippen molar-refractivity contribution in [3.05, 3.63) is 46.9 Å². The van der Waals surface area contributed by atoms with Gasteiger partial charge in [0.05, 0.1) is 12.7 Å². The summed E-state index contributed by atoms with van der Waals surface area (Å²) < 4.78 is 6.04. The highest BCUT2D eigenvalue weighted by Gasteiger charge is 2.52. The molecular weight excluding hydrogens is 282 g/mol. The van der Waals surface area contributed by atoms with E-state index in [1.54, 1.807) is 0 Å². The van der Waals surface area contributed by atoms with E-state index in [-0.39, 0.29) is 11.6 Å². The Hall–Kier alpha value is -1.33. The lowest BCUT2D eigenvalue weighted by Crippen LogP contribution is -2.46. The van der Waals surface area contributed by atoms with E-state index in [1.807, 2.05) is 0 Å². The van der Waals surface area contributed by atoms with Gasteiger partial charge in [-0.15, -0.1) is 0 Å². The fraction of sp³-hybridized carbons (Fsp3) is 0.667. The standard InChI is InChI=1S/C21H29NO/c1-14(2)20-9-7-16(13-23-20)17-10-11-21(4,22-5)19-8-6-15(3)12-18(17)19/h7,12,17-20H,1,6,8-11,13H2,2-4H3/t17-,18+,19+,20?,21+/m1/s1. The summed E-state index contributed by atoms with van der Waals surface area (Å²) in [5.41, 5.74) is 3.92. The molecule has 2 heteroatoms. The van der Waals surface area contributed by atoms with E-state index in [4.69, 9.17) is 11.3 Å². The molecule has 1 aliphatic heterocycles. The first kappa shape index (κ1) is 16.5. The molecule has 1 fully saturated rings. The van der Waals surface area contributed by atoms with Crippen molar-refractivity contribution in [3.63, 3.8) is 0 Å². The van der Waals surface area contributed by atoms with Crippen LogP contribution in [0, 0.1) is 24.3 Å². The molecule has 5 atom stereocenters. The number of hydrogen-bond donors (Lipinski definition) is 0. The van der Waals surface area contributed by atoms with Crippen molar-refractivity contribution in [2.24, 2.45) is 17.8 Å². The molecule has 0 amide bonds. The molecule has 124 valence electrons. The number of rotatable bonds is 2. The second-order valence-electron chi connectivity index (χ2n) is 8.01. The van der Waals surface area contributed by atoms with Crippen LogP contribution in [0.4, 0.5) is 0 Å². The highest BCUT2D eigenvalue weighted by molar-refractivity contribution is 5.25. The molecule has 0 spiro atoms. The number of ether oxygens (including phenoxy) is 1. The van der Waals surface area contributed by atoms with Gasteiger partial charge in [0.2, 0.25) is 5.54 Å². The molecule has 2 aliphatic carbocycles. The van der Waals surface area contributed by atoms with Crippen LogP contribution < -0.4 is 0 Å². The van der Waals surface area contributed by atoms with Gasteiger partial charge < -0.3 is 9.58 Å². The van der Waals surface area contributed by atoms with E-state index in [2.05, 4.69) is 44.3 Å². The third-order valence-electron chi connectivity index (χ3n) is 6.34. The Morgan fingerprint density at radius 1 is 1.43 bits per heavy atom. The highest BCUT2D eigenvalue weighted by Crippen LogP contribution is 2.51. The molecule has 0 aromatic rings. The minimum atomic E-state index is -0.172. The van der Waals surface area contributed by atoms with Gasteiger partial charge in [-0.1, -0.05) is 29.9 Å². The van der Waals surface area contributed by atoms with Crippen LogP contribution in [0.5, 0.6) is 0 Å². The van der Waals surface area contributed by atoms with Gasteiger partial charge in [-0.2, -0.15) is 0 Å². The van der Waals surface area contributed by atoms with Crippen LogP contribution in [-0.4, -0.2) is 18.2 Å². The zero-order valence-electron chi connectivity index (χ0n) is 14.8. The van der Waals surface area contributed by atoms with Crippen molar-refractivity contribution in [2.45, 2.75) is 64.5 Å². The van der Waals surface area contributed by atoms with Gasteiger partial charge in [0.25, 0.3) is 0 Å². The smallest absolute Gasteiger partial charge is 0.233 e. The fourth-order valence-corrected chi connectivity index (χ4v) is 4.81. The molecule has 1 saturated carbocycles. The number of hydrogen-bond acceptors (Lipinski definition) is 1. The summed E-state index contributed by atoms with van der Waals surface area (Å²) in [5, 5.41) is 0. The average Bonchev–Trinajstić information content (AvgIpc) is 2.55. The zero-order valence-corrected chi connectivity index (χ0v) is 14.8. The predicted octanol–water partition coefficient (Wildman–Crippen LogP) is 5.34. The summed E-state index contributed by atoms with van der Waals surface area (Å²) in [7, 11) is 0. The van der Waals surface area contributed by atoms with Crippen LogP contribution in [-0.2, 0) is 4.74 Å². The highest BCUT2D eigenvalue weighted by atomic mass is 16.5. The van der Waals surface area contributed by atoms with E-state index in [9.17, 15) is 0 Å². The molecule has 2 nitrogen and oxygen atoms in total. The van der Waals surface area contributed by atoms with Gasteiger partial charge in [0.15, 0.2) is 0 Å². The molecule has 23 heavy (non-hydrogen) atoms. The van der Waals surface area contributed by atoms with Crippen LogP contribution in [0.25, 0.3) is 4.85 Å². The summed E-state index contributed by atoms with van der Waals surface area (Å²) >= 11 is 0. The van der Waals surface area contributed by atoms with Crippen molar-refractivity contribution in [2.75, 3.05) is 6.61 Å². The van der Waals surface area contributed by atoms with E-state index >= 15 is 0 Å². The van der Waals surface area contributed by atoms with Crippen molar-refractivity contribution in [3.8, 4) is 0 Å². The Balaban J connectivity index is 1.85. The van der Waals surface area contributed by atoms with E-state index in [1.165, 1.54) is 17.6 Å². The monoisotopic (exact) mass is 311 g/mol. The number of allylic oxidation sites excluding steroid dienone is 2. The van der Waals surface area contributed by atoms with Crippen molar-refractivity contribution >= 4 is 0 Å². The Kier molecular flexibility index (Phi) is 4.52. The largest absolute Gasteiger partial charge is 0.369 e. The number of fused-ring (bicyclic) bond motifs is 1. The van der Waals surface area contributed by atoms with E-state index in [0.717, 1.165) is 37.9 Å². The first-order valence-corrected chi connectivity index (χ1v) is 8.96. The van der Waals surface area contributed by atoms with Gasteiger partial charge in [0.1, 0.15) is 0 Å². The topological polar surface area (TPSA) is 13.6 Å². The lowest BCUT2D eigenvalue weighted by molar-refractivity contribution is 0.0642. The van der Waals surface area contributed by atoms with Gasteiger partial charge in [-0.05, 0) is 56.9 Å². The second-order valence-corrected chi connectivity index (χ2v) is 8.01. The molecule has 0 saturated heterocycles. The minimum Gasteiger partial charge on any atom is -0.369 e.